The Hall–Kier alpha value is -3.21. The molecule has 0 aliphatic heterocycles. The second kappa shape index (κ2) is 10.5. The fourth-order valence-corrected chi connectivity index (χ4v) is 1.86. The van der Waals surface area contributed by atoms with Crippen LogP contribution in [0.15, 0.2) is 36.4 Å². The van der Waals surface area contributed by atoms with Gasteiger partial charge in [-0.05, 0) is 18.2 Å². The summed E-state index contributed by atoms with van der Waals surface area (Å²) < 4.78 is 97.5. The summed E-state index contributed by atoms with van der Waals surface area (Å²) in [6.45, 7) is 0. The molecule has 0 saturated heterocycles. The lowest BCUT2D eigenvalue weighted by Crippen LogP contribution is -1.96. The first-order chi connectivity index (χ1) is 13.8. The van der Waals surface area contributed by atoms with Crippen LogP contribution in [0.3, 0.4) is 0 Å². The first-order valence-electron chi connectivity index (χ1n) is 7.54. The van der Waals surface area contributed by atoms with Gasteiger partial charge in [-0.15, -0.1) is 0 Å². The van der Waals surface area contributed by atoms with Gasteiger partial charge >= 0.3 is 0 Å². The van der Waals surface area contributed by atoms with Gasteiger partial charge in [0.2, 0.25) is 0 Å². The van der Waals surface area contributed by atoms with E-state index in [-0.39, 0.29) is 22.1 Å². The predicted octanol–water partition coefficient (Wildman–Crippen LogP) is 5.57. The summed E-state index contributed by atoms with van der Waals surface area (Å²) >= 11 is 5.31. The fraction of sp³-hybridized carbons (Fsp3) is 0. The van der Waals surface area contributed by atoms with E-state index in [0.29, 0.717) is 6.07 Å². The molecule has 3 aromatic rings. The molecular weight excluding hydrogens is 446 g/mol. The summed E-state index contributed by atoms with van der Waals surface area (Å²) in [5, 5.41) is -0.0995. The van der Waals surface area contributed by atoms with Gasteiger partial charge in [-0.2, -0.15) is 0 Å². The summed E-state index contributed by atoms with van der Waals surface area (Å²) in [6.07, 6.45) is 0. The molecule has 3 aromatic carbocycles. The van der Waals surface area contributed by atoms with Crippen LogP contribution in [-0.2, 0) is 0 Å². The van der Waals surface area contributed by atoms with Crippen LogP contribution in [0.4, 0.5) is 52.2 Å². The van der Waals surface area contributed by atoms with Crippen LogP contribution in [0.2, 0.25) is 5.02 Å². The Bertz CT molecular complexity index is 918. The van der Waals surface area contributed by atoms with Crippen molar-refractivity contribution in [1.82, 2.24) is 0 Å². The van der Waals surface area contributed by atoms with E-state index in [1.807, 2.05) is 0 Å². The molecule has 0 atom stereocenters. The number of hydrogen-bond acceptors (Lipinski definition) is 3. The molecule has 162 valence electrons. The van der Waals surface area contributed by atoms with Crippen LogP contribution in [0.5, 0.6) is 0 Å². The highest BCUT2D eigenvalue weighted by atomic mass is 35.5. The van der Waals surface area contributed by atoms with E-state index in [2.05, 4.69) is 0 Å². The minimum absolute atomic E-state index is 0.0995. The molecule has 30 heavy (non-hydrogen) atoms. The Morgan fingerprint density at radius 1 is 0.567 bits per heavy atom. The molecule has 6 N–H and O–H groups in total. The summed E-state index contributed by atoms with van der Waals surface area (Å²) in [7, 11) is 0. The molecule has 0 unspecified atom stereocenters. The number of nitrogens with two attached hydrogens (primary N) is 3. The van der Waals surface area contributed by atoms with Crippen molar-refractivity contribution >= 4 is 28.7 Å². The third-order valence-corrected chi connectivity index (χ3v) is 3.43. The van der Waals surface area contributed by atoms with Crippen molar-refractivity contribution in [2.24, 2.45) is 0 Å². The van der Waals surface area contributed by atoms with Crippen molar-refractivity contribution in [3.05, 3.63) is 88.0 Å². The average Bonchev–Trinajstić information content (AvgIpc) is 2.66. The zero-order valence-electron chi connectivity index (χ0n) is 14.6. The Labute approximate surface area is 169 Å². The highest BCUT2D eigenvalue weighted by Gasteiger charge is 2.10. The average molecular weight is 458 g/mol. The van der Waals surface area contributed by atoms with Gasteiger partial charge in [-0.1, -0.05) is 11.6 Å². The first kappa shape index (κ1) is 24.8. The van der Waals surface area contributed by atoms with Gasteiger partial charge < -0.3 is 17.2 Å². The molecular formula is C18H12ClF8N3. The largest absolute Gasteiger partial charge is 0.399 e. The molecule has 0 fully saturated rings. The van der Waals surface area contributed by atoms with Crippen LogP contribution >= 0.6 is 11.6 Å². The summed E-state index contributed by atoms with van der Waals surface area (Å²) in [6, 6.07) is 4.82. The first-order valence-corrected chi connectivity index (χ1v) is 7.91. The maximum absolute atomic E-state index is 12.4. The lowest BCUT2D eigenvalue weighted by Gasteiger charge is -1.97. The van der Waals surface area contributed by atoms with Crippen molar-refractivity contribution in [1.29, 1.82) is 0 Å². The highest BCUT2D eigenvalue weighted by Crippen LogP contribution is 2.22. The van der Waals surface area contributed by atoms with Gasteiger partial charge in [0.15, 0.2) is 40.7 Å². The number of anilines is 3. The molecule has 0 bridgehead atoms. The van der Waals surface area contributed by atoms with Gasteiger partial charge in [0.1, 0.15) is 5.82 Å². The van der Waals surface area contributed by atoms with Gasteiger partial charge in [0.05, 0.1) is 16.4 Å². The number of rotatable bonds is 0. The highest BCUT2D eigenvalue weighted by molar-refractivity contribution is 6.33. The Balaban J connectivity index is 0.000000225. The van der Waals surface area contributed by atoms with Crippen molar-refractivity contribution in [3.63, 3.8) is 0 Å². The molecule has 0 amide bonds. The number of benzene rings is 3. The molecule has 12 heteroatoms. The van der Waals surface area contributed by atoms with Crippen molar-refractivity contribution < 1.29 is 35.1 Å². The van der Waals surface area contributed by atoms with Gasteiger partial charge in [0.25, 0.3) is 0 Å². The molecule has 3 nitrogen and oxygen atoms in total. The lowest BCUT2D eigenvalue weighted by molar-refractivity contribution is 0.448. The molecule has 0 aromatic heterocycles. The molecule has 0 aliphatic rings. The molecule has 0 aliphatic carbocycles. The predicted molar refractivity (Wildman–Crippen MR) is 97.2 cm³/mol. The maximum atomic E-state index is 12.4. The zero-order chi connectivity index (χ0) is 23.2. The Morgan fingerprint density at radius 3 is 1.57 bits per heavy atom. The maximum Gasteiger partial charge on any atom is 0.196 e. The van der Waals surface area contributed by atoms with Crippen LogP contribution in [-0.4, -0.2) is 0 Å². The monoisotopic (exact) mass is 457 g/mol. The van der Waals surface area contributed by atoms with E-state index >= 15 is 0 Å². The molecule has 0 spiro atoms. The van der Waals surface area contributed by atoms with Crippen molar-refractivity contribution in [3.8, 4) is 0 Å². The second-order valence-electron chi connectivity index (χ2n) is 5.35. The van der Waals surface area contributed by atoms with Gasteiger partial charge in [-0.3, -0.25) is 0 Å². The Kier molecular flexibility index (Phi) is 8.72. The quantitative estimate of drug-likeness (QED) is 0.234. The third kappa shape index (κ3) is 6.69. The minimum atomic E-state index is -1.53. The third-order valence-electron chi connectivity index (χ3n) is 3.12. The molecule has 0 saturated carbocycles. The van der Waals surface area contributed by atoms with Crippen LogP contribution < -0.4 is 17.2 Å². The summed E-state index contributed by atoms with van der Waals surface area (Å²) in [5.74, 6) is -9.67. The summed E-state index contributed by atoms with van der Waals surface area (Å²) in [4.78, 5) is 0. The van der Waals surface area contributed by atoms with E-state index in [4.69, 9.17) is 28.8 Å². The van der Waals surface area contributed by atoms with Crippen molar-refractivity contribution in [2.45, 2.75) is 0 Å². The zero-order valence-corrected chi connectivity index (χ0v) is 15.4. The standard InChI is InChI=1S/C6H4ClF2N.2C6H4F3N/c7-4-1-3(8)2-5(9)6(4)10;7-4-1-3(10)2-5(8)6(4)9;7-3-1-2-4(10)6(9)5(3)8/h3*1-2H,10H2. The smallest absolute Gasteiger partial charge is 0.196 e. The molecule has 0 heterocycles. The van der Waals surface area contributed by atoms with E-state index < -0.39 is 46.5 Å². The van der Waals surface area contributed by atoms with E-state index in [0.717, 1.165) is 30.3 Å². The molecule has 3 rings (SSSR count). The molecule has 0 radical (unpaired) electrons. The fourth-order valence-electron chi connectivity index (χ4n) is 1.67. The SMILES string of the molecule is Nc1c(F)cc(F)cc1Cl.Nc1cc(F)c(F)c(F)c1.Nc1ccc(F)c(F)c1F. The lowest BCUT2D eigenvalue weighted by atomic mass is 10.3. The second-order valence-corrected chi connectivity index (χ2v) is 5.75. The van der Waals surface area contributed by atoms with Crippen LogP contribution in [0.25, 0.3) is 0 Å². The van der Waals surface area contributed by atoms with E-state index in [1.54, 1.807) is 0 Å². The van der Waals surface area contributed by atoms with Crippen LogP contribution in [0, 0.1) is 46.5 Å². The number of nitrogen functional groups attached to an aromatic ring is 3. The Morgan fingerprint density at radius 2 is 1.10 bits per heavy atom. The minimum Gasteiger partial charge on any atom is -0.399 e. The van der Waals surface area contributed by atoms with Gasteiger partial charge in [-0.25, -0.2) is 35.1 Å². The number of halogens is 9. The normalized spacial score (nSPS) is 9.90. The van der Waals surface area contributed by atoms with Crippen LogP contribution in [0.1, 0.15) is 0 Å². The van der Waals surface area contributed by atoms with E-state index in [1.165, 1.54) is 0 Å². The van der Waals surface area contributed by atoms with Crippen molar-refractivity contribution in [2.75, 3.05) is 17.2 Å². The van der Waals surface area contributed by atoms with Gasteiger partial charge in [0, 0.05) is 23.9 Å². The van der Waals surface area contributed by atoms with E-state index in [9.17, 15) is 35.1 Å². The summed E-state index contributed by atoms with van der Waals surface area (Å²) in [5.41, 5.74) is 14.2. The number of hydrogen-bond donors (Lipinski definition) is 3. The topological polar surface area (TPSA) is 78.1 Å².